The molecule has 0 radical (unpaired) electrons. The van der Waals surface area contributed by atoms with E-state index in [0.717, 1.165) is 30.8 Å². The lowest BCUT2D eigenvalue weighted by atomic mass is 10.1. The van der Waals surface area contributed by atoms with Gasteiger partial charge in [0.25, 0.3) is 5.56 Å². The second kappa shape index (κ2) is 6.31. The van der Waals surface area contributed by atoms with Crippen molar-refractivity contribution in [2.75, 3.05) is 31.6 Å². The lowest BCUT2D eigenvalue weighted by molar-refractivity contribution is 0.150. The van der Waals surface area contributed by atoms with Crippen molar-refractivity contribution in [2.45, 2.75) is 12.5 Å². The minimum atomic E-state index is -0.491. The molecule has 0 aliphatic carbocycles. The van der Waals surface area contributed by atoms with Crippen LogP contribution in [0.5, 0.6) is 0 Å². The summed E-state index contributed by atoms with van der Waals surface area (Å²) in [5, 5.41) is 10.0. The first-order valence-corrected chi connectivity index (χ1v) is 8.69. The molecule has 2 aromatic heterocycles. The topological polar surface area (TPSA) is 105 Å². The molecule has 0 aromatic carbocycles. The van der Waals surface area contributed by atoms with E-state index < -0.39 is 11.2 Å². The Labute approximate surface area is 131 Å². The number of β-amino-alcohol motifs (C(OH)–C–C–N with tert-alkyl or cyclic N) is 1. The molecule has 22 heavy (non-hydrogen) atoms. The average molecular weight is 324 g/mol. The highest BCUT2D eigenvalue weighted by Crippen LogP contribution is 2.21. The third-order valence-corrected chi connectivity index (χ3v) is 4.98. The number of hydrogen-bond donors (Lipinski definition) is 4. The van der Waals surface area contributed by atoms with Gasteiger partial charge >= 0.3 is 5.69 Å². The summed E-state index contributed by atoms with van der Waals surface area (Å²) in [7, 11) is 0. The van der Waals surface area contributed by atoms with E-state index in [0.29, 0.717) is 23.5 Å². The number of H-pyrrole nitrogens is 3. The molecular formula is C14H20N4O3S. The Morgan fingerprint density at radius 2 is 2.14 bits per heavy atom. The molecule has 8 heteroatoms. The molecular weight excluding hydrogens is 304 g/mol. The van der Waals surface area contributed by atoms with Gasteiger partial charge in [-0.05, 0) is 24.0 Å². The van der Waals surface area contributed by atoms with Gasteiger partial charge in [0.1, 0.15) is 5.52 Å². The maximum atomic E-state index is 11.7. The second-order valence-corrected chi connectivity index (χ2v) is 6.68. The summed E-state index contributed by atoms with van der Waals surface area (Å²) in [4.78, 5) is 33.1. The molecule has 1 fully saturated rings. The molecule has 2 atom stereocenters. The Hall–Kier alpha value is -1.51. The number of hydrogen-bond acceptors (Lipinski definition) is 5. The molecule has 7 nitrogen and oxygen atoms in total. The first-order chi connectivity index (χ1) is 10.6. The Balaban J connectivity index is 1.70. The number of nitrogens with one attached hydrogen (secondary N) is 3. The fraction of sp³-hybridized carbons (Fsp3) is 0.571. The molecule has 3 rings (SSSR count). The molecule has 1 aliphatic rings. The monoisotopic (exact) mass is 324 g/mol. The molecule has 120 valence electrons. The standard InChI is InChI=1S/C14H20N4O3S/c1-22-7-9-5-18(6-10(9)19)3-2-8-4-15-12-11(8)16-14(21)17-13(12)20/h4,9-10,15,19H,2-3,5-7H2,1H3,(H2,16,17,20,21)/t9-,10-/m0/s1. The van der Waals surface area contributed by atoms with Crippen LogP contribution in [0.25, 0.3) is 11.0 Å². The van der Waals surface area contributed by atoms with Gasteiger partial charge in [-0.15, -0.1) is 0 Å². The fourth-order valence-corrected chi connectivity index (χ4v) is 3.83. The van der Waals surface area contributed by atoms with Gasteiger partial charge in [0, 0.05) is 31.7 Å². The van der Waals surface area contributed by atoms with E-state index >= 15 is 0 Å². The summed E-state index contributed by atoms with van der Waals surface area (Å²) < 4.78 is 0. The normalized spacial score (nSPS) is 22.6. The molecule has 2 aromatic rings. The van der Waals surface area contributed by atoms with E-state index in [9.17, 15) is 14.7 Å². The predicted molar refractivity (Wildman–Crippen MR) is 87.6 cm³/mol. The average Bonchev–Trinajstić information content (AvgIpc) is 3.01. The van der Waals surface area contributed by atoms with E-state index in [2.05, 4.69) is 26.1 Å². The second-order valence-electron chi connectivity index (χ2n) is 5.76. The Bertz CT molecular complexity index is 765. The Morgan fingerprint density at radius 1 is 1.32 bits per heavy atom. The van der Waals surface area contributed by atoms with Crippen LogP contribution in [0, 0.1) is 5.92 Å². The SMILES string of the molecule is CSC[C@@H]1CN(CCc2c[nH]c3c(=O)[nH]c(=O)[nH]c23)C[C@@H]1O. The van der Waals surface area contributed by atoms with Crippen LogP contribution in [0.15, 0.2) is 15.8 Å². The Kier molecular flexibility index (Phi) is 4.42. The molecule has 0 amide bonds. The Morgan fingerprint density at radius 3 is 2.91 bits per heavy atom. The highest BCUT2D eigenvalue weighted by atomic mass is 32.2. The number of thioether (sulfide) groups is 1. The molecule has 0 saturated carbocycles. The maximum Gasteiger partial charge on any atom is 0.326 e. The van der Waals surface area contributed by atoms with E-state index in [-0.39, 0.29) is 6.10 Å². The minimum Gasteiger partial charge on any atom is -0.391 e. The first-order valence-electron chi connectivity index (χ1n) is 7.30. The lowest BCUT2D eigenvalue weighted by Gasteiger charge is -2.14. The van der Waals surface area contributed by atoms with Crippen LogP contribution in [-0.4, -0.2) is 62.7 Å². The molecule has 1 aliphatic heterocycles. The van der Waals surface area contributed by atoms with E-state index in [1.807, 2.05) is 0 Å². The van der Waals surface area contributed by atoms with Gasteiger partial charge in [-0.2, -0.15) is 11.8 Å². The van der Waals surface area contributed by atoms with Gasteiger partial charge in [0.05, 0.1) is 11.6 Å². The van der Waals surface area contributed by atoms with Crippen molar-refractivity contribution in [1.82, 2.24) is 19.9 Å². The maximum absolute atomic E-state index is 11.7. The third-order valence-electron chi connectivity index (χ3n) is 4.21. The van der Waals surface area contributed by atoms with Crippen LogP contribution in [-0.2, 0) is 6.42 Å². The number of fused-ring (bicyclic) bond motifs is 1. The van der Waals surface area contributed by atoms with Crippen molar-refractivity contribution in [3.05, 3.63) is 32.6 Å². The van der Waals surface area contributed by atoms with Crippen LogP contribution in [0.4, 0.5) is 0 Å². The largest absolute Gasteiger partial charge is 0.391 e. The van der Waals surface area contributed by atoms with Gasteiger partial charge in [-0.1, -0.05) is 0 Å². The first kappa shape index (κ1) is 15.4. The van der Waals surface area contributed by atoms with Crippen molar-refractivity contribution in [2.24, 2.45) is 5.92 Å². The number of aliphatic hydroxyl groups is 1. The lowest BCUT2D eigenvalue weighted by Crippen LogP contribution is -2.25. The smallest absolute Gasteiger partial charge is 0.326 e. The zero-order valence-corrected chi connectivity index (χ0v) is 13.2. The number of likely N-dealkylation sites (tertiary alicyclic amines) is 1. The summed E-state index contributed by atoms with van der Waals surface area (Å²) >= 11 is 1.76. The highest BCUT2D eigenvalue weighted by Gasteiger charge is 2.30. The van der Waals surface area contributed by atoms with Gasteiger partial charge in [-0.3, -0.25) is 9.78 Å². The van der Waals surface area contributed by atoms with Crippen molar-refractivity contribution in [3.8, 4) is 0 Å². The predicted octanol–water partition coefficient (Wildman–Crippen LogP) is -0.257. The van der Waals surface area contributed by atoms with Gasteiger partial charge in [-0.25, -0.2) is 4.79 Å². The quantitative estimate of drug-likeness (QED) is 0.607. The highest BCUT2D eigenvalue weighted by molar-refractivity contribution is 7.98. The third kappa shape index (κ3) is 2.99. The van der Waals surface area contributed by atoms with Crippen molar-refractivity contribution >= 4 is 22.8 Å². The summed E-state index contributed by atoms with van der Waals surface area (Å²) in [5.74, 6) is 1.29. The molecule has 1 saturated heterocycles. The number of nitrogens with zero attached hydrogens (tertiary/aromatic N) is 1. The van der Waals surface area contributed by atoms with Gasteiger partial charge < -0.3 is 20.0 Å². The van der Waals surface area contributed by atoms with E-state index in [1.54, 1.807) is 18.0 Å². The molecule has 3 heterocycles. The summed E-state index contributed by atoms with van der Waals surface area (Å²) in [6.07, 6.45) is 4.27. The van der Waals surface area contributed by atoms with Gasteiger partial charge in [0.2, 0.25) is 0 Å². The van der Waals surface area contributed by atoms with Crippen molar-refractivity contribution in [1.29, 1.82) is 0 Å². The van der Waals surface area contributed by atoms with Crippen LogP contribution in [0.3, 0.4) is 0 Å². The molecule has 0 unspecified atom stereocenters. The van der Waals surface area contributed by atoms with E-state index in [1.165, 1.54) is 0 Å². The van der Waals surface area contributed by atoms with Gasteiger partial charge in [0.15, 0.2) is 0 Å². The zero-order valence-electron chi connectivity index (χ0n) is 12.4. The molecule has 0 bridgehead atoms. The summed E-state index contributed by atoms with van der Waals surface area (Å²) in [5.41, 5.74) is 1.00. The van der Waals surface area contributed by atoms with Crippen LogP contribution in [0.1, 0.15) is 5.56 Å². The number of aromatic amines is 3. The molecule has 4 N–H and O–H groups in total. The van der Waals surface area contributed by atoms with Crippen molar-refractivity contribution in [3.63, 3.8) is 0 Å². The van der Waals surface area contributed by atoms with E-state index in [4.69, 9.17) is 0 Å². The number of rotatable bonds is 5. The van der Waals surface area contributed by atoms with Crippen LogP contribution in [0.2, 0.25) is 0 Å². The van der Waals surface area contributed by atoms with Crippen LogP contribution >= 0.6 is 11.8 Å². The summed E-state index contributed by atoms with van der Waals surface area (Å²) in [6.45, 7) is 2.37. The minimum absolute atomic E-state index is 0.266. The zero-order chi connectivity index (χ0) is 15.7. The van der Waals surface area contributed by atoms with Crippen molar-refractivity contribution < 1.29 is 5.11 Å². The van der Waals surface area contributed by atoms with Crippen LogP contribution < -0.4 is 11.2 Å². The number of aliphatic hydroxyl groups excluding tert-OH is 1. The fourth-order valence-electron chi connectivity index (χ4n) is 3.07. The molecule has 0 spiro atoms. The number of aromatic nitrogens is 3. The summed E-state index contributed by atoms with van der Waals surface area (Å²) in [6, 6.07) is 0.